The van der Waals surface area contributed by atoms with E-state index >= 15 is 0 Å². The molecule has 0 radical (unpaired) electrons. The van der Waals surface area contributed by atoms with Crippen molar-refractivity contribution in [1.82, 2.24) is 0 Å². The van der Waals surface area contributed by atoms with Gasteiger partial charge in [-0.15, -0.1) is 0 Å². The third kappa shape index (κ3) is 2.25. The number of benzene rings is 2. The van der Waals surface area contributed by atoms with Gasteiger partial charge < -0.3 is 5.11 Å². The second-order valence-corrected chi connectivity index (χ2v) is 3.48. The van der Waals surface area contributed by atoms with Crippen LogP contribution in [0, 0.1) is 0 Å². The van der Waals surface area contributed by atoms with E-state index in [1.54, 1.807) is 0 Å². The SMILES string of the molecule is [2H]OC/C=C/Cc1cccc2ccccc12. The van der Waals surface area contributed by atoms with Crippen LogP contribution in [0.5, 0.6) is 0 Å². The van der Waals surface area contributed by atoms with Gasteiger partial charge in [-0.3, -0.25) is 0 Å². The van der Waals surface area contributed by atoms with Crippen LogP contribution in [0.15, 0.2) is 54.6 Å². The summed E-state index contributed by atoms with van der Waals surface area (Å²) in [6, 6.07) is 14.7. The molecule has 0 atom stereocenters. The number of aliphatic hydroxyl groups is 1. The third-order valence-corrected chi connectivity index (χ3v) is 2.48. The van der Waals surface area contributed by atoms with E-state index in [4.69, 9.17) is 1.43 Å². The average molecular weight is 199 g/mol. The lowest BCUT2D eigenvalue weighted by Gasteiger charge is -2.03. The van der Waals surface area contributed by atoms with Gasteiger partial charge in [-0.05, 0) is 22.8 Å². The van der Waals surface area contributed by atoms with E-state index in [-0.39, 0.29) is 0 Å². The molecule has 2 aromatic rings. The minimum atomic E-state index is 0.352. The maximum Gasteiger partial charge on any atom is 0.210 e. The molecule has 0 spiro atoms. The van der Waals surface area contributed by atoms with Crippen molar-refractivity contribution in [2.45, 2.75) is 6.42 Å². The van der Waals surface area contributed by atoms with Crippen molar-refractivity contribution in [3.8, 4) is 0 Å². The Bertz CT molecular complexity index is 486. The fraction of sp³-hybridized carbons (Fsp3) is 0.143. The van der Waals surface area contributed by atoms with Crippen LogP contribution >= 0.6 is 0 Å². The van der Waals surface area contributed by atoms with Gasteiger partial charge >= 0.3 is 0 Å². The summed E-state index contributed by atoms with van der Waals surface area (Å²) >= 11 is 0. The number of allylic oxidation sites excluding steroid dienone is 1. The molecule has 0 unspecified atom stereocenters. The first-order valence-corrected chi connectivity index (χ1v) is 5.11. The molecule has 0 amide bonds. The minimum absolute atomic E-state index is 0.352. The van der Waals surface area contributed by atoms with Crippen LogP contribution in [0.25, 0.3) is 10.8 Å². The zero-order chi connectivity index (χ0) is 11.2. The molecule has 76 valence electrons. The number of aliphatic hydroxyl groups excluding tert-OH is 1. The normalized spacial score (nSPS) is 12.1. The first-order valence-electron chi connectivity index (χ1n) is 5.52. The standard InChI is InChI=1S/C14H14O/c15-11-4-3-7-13-9-5-8-12-6-1-2-10-14(12)13/h1-6,8-10,15H,7,11H2/b4-3+/i15D. The van der Waals surface area contributed by atoms with E-state index in [1.165, 1.54) is 16.3 Å². The molecule has 0 aliphatic carbocycles. The van der Waals surface area contributed by atoms with Crippen LogP contribution in [0.2, 0.25) is 0 Å². The predicted molar refractivity (Wildman–Crippen MR) is 63.9 cm³/mol. The molecule has 1 heteroatoms. The molecule has 0 fully saturated rings. The van der Waals surface area contributed by atoms with Crippen molar-refractivity contribution in [3.63, 3.8) is 0 Å². The lowest BCUT2D eigenvalue weighted by molar-refractivity contribution is 0.342. The van der Waals surface area contributed by atoms with Gasteiger partial charge in [-0.25, -0.2) is 0 Å². The third-order valence-electron chi connectivity index (χ3n) is 2.48. The van der Waals surface area contributed by atoms with Gasteiger partial charge in [0.25, 0.3) is 0 Å². The van der Waals surface area contributed by atoms with Gasteiger partial charge in [0.15, 0.2) is 0 Å². The van der Waals surface area contributed by atoms with E-state index in [2.05, 4.69) is 47.6 Å². The summed E-state index contributed by atoms with van der Waals surface area (Å²) in [5.41, 5.74) is 1.30. The zero-order valence-electron chi connectivity index (χ0n) is 9.52. The molecule has 0 heterocycles. The summed E-state index contributed by atoms with van der Waals surface area (Å²) in [5.74, 6) is 0. The maximum absolute atomic E-state index is 6.57. The highest BCUT2D eigenvalue weighted by molar-refractivity contribution is 5.85. The van der Waals surface area contributed by atoms with E-state index in [0.29, 0.717) is 6.61 Å². The molecule has 1 N–H and O–H groups in total. The van der Waals surface area contributed by atoms with Gasteiger partial charge in [-0.2, -0.15) is 0 Å². The Balaban J connectivity index is 2.23. The smallest absolute Gasteiger partial charge is 0.210 e. The fourth-order valence-electron chi connectivity index (χ4n) is 1.75. The summed E-state index contributed by atoms with van der Waals surface area (Å²) < 4.78 is 6.57. The molecule has 0 saturated carbocycles. The molecular formula is C14H14O. The lowest BCUT2D eigenvalue weighted by Crippen LogP contribution is -1.84. The van der Waals surface area contributed by atoms with Gasteiger partial charge in [0.2, 0.25) is 1.43 Å². The van der Waals surface area contributed by atoms with E-state index in [9.17, 15) is 0 Å². The summed E-state index contributed by atoms with van der Waals surface area (Å²) in [5, 5.41) is 6.79. The molecular weight excluding hydrogens is 184 g/mol. The van der Waals surface area contributed by atoms with Gasteiger partial charge in [0.05, 0.1) is 6.61 Å². The Morgan fingerprint density at radius 1 is 1.07 bits per heavy atom. The minimum Gasteiger partial charge on any atom is -0.392 e. The van der Waals surface area contributed by atoms with Crippen LogP contribution in [0.3, 0.4) is 0 Å². The first kappa shape index (κ1) is 8.69. The van der Waals surface area contributed by atoms with Crippen molar-refractivity contribution in [1.29, 1.82) is 1.43 Å². The molecule has 15 heavy (non-hydrogen) atoms. The molecule has 2 aromatic carbocycles. The van der Waals surface area contributed by atoms with Crippen molar-refractivity contribution >= 4 is 10.8 Å². The second kappa shape index (κ2) is 4.76. The zero-order valence-corrected chi connectivity index (χ0v) is 8.52. The Morgan fingerprint density at radius 2 is 1.93 bits per heavy atom. The highest BCUT2D eigenvalue weighted by Crippen LogP contribution is 2.18. The molecule has 0 bridgehead atoms. The Kier molecular flexibility index (Phi) is 2.76. The second-order valence-electron chi connectivity index (χ2n) is 3.48. The van der Waals surface area contributed by atoms with Crippen LogP contribution in [-0.2, 0) is 6.42 Å². The highest BCUT2D eigenvalue weighted by atomic mass is 16.2. The van der Waals surface area contributed by atoms with E-state index in [0.717, 1.165) is 6.42 Å². The largest absolute Gasteiger partial charge is 0.392 e. The highest BCUT2D eigenvalue weighted by Gasteiger charge is 1.97. The van der Waals surface area contributed by atoms with Crippen molar-refractivity contribution in [3.05, 3.63) is 60.2 Å². The van der Waals surface area contributed by atoms with Crippen LogP contribution in [0.1, 0.15) is 5.56 Å². The Morgan fingerprint density at radius 3 is 2.87 bits per heavy atom. The fourth-order valence-corrected chi connectivity index (χ4v) is 1.75. The summed E-state index contributed by atoms with van der Waals surface area (Å²) in [6.45, 7) is 0.352. The van der Waals surface area contributed by atoms with Gasteiger partial charge in [0, 0.05) is 0 Å². The number of rotatable bonds is 4. The van der Waals surface area contributed by atoms with Crippen molar-refractivity contribution in [2.75, 3.05) is 6.61 Å². The monoisotopic (exact) mass is 199 g/mol. The first-order chi connectivity index (χ1) is 7.92. The van der Waals surface area contributed by atoms with Crippen LogP contribution in [0.4, 0.5) is 0 Å². The summed E-state index contributed by atoms with van der Waals surface area (Å²) in [7, 11) is 0. The molecule has 0 aliphatic heterocycles. The van der Waals surface area contributed by atoms with E-state index in [1.807, 2.05) is 12.2 Å². The topological polar surface area (TPSA) is 20.2 Å². The number of hydrogen-bond acceptors (Lipinski definition) is 1. The van der Waals surface area contributed by atoms with Crippen LogP contribution < -0.4 is 0 Å². The lowest BCUT2D eigenvalue weighted by atomic mass is 10.0. The Labute approximate surface area is 91.2 Å². The number of fused-ring (bicyclic) bond motifs is 1. The van der Waals surface area contributed by atoms with Crippen molar-refractivity contribution in [2.24, 2.45) is 0 Å². The molecule has 0 aliphatic rings. The summed E-state index contributed by atoms with van der Waals surface area (Å²) in [6.07, 6.45) is 4.79. The molecule has 0 aromatic heterocycles. The van der Waals surface area contributed by atoms with Crippen LogP contribution in [-0.4, -0.2) is 13.1 Å². The predicted octanol–water partition coefficient (Wildman–Crippen LogP) is 2.93. The quantitative estimate of drug-likeness (QED) is 0.751. The summed E-state index contributed by atoms with van der Waals surface area (Å²) in [4.78, 5) is 0. The molecule has 0 saturated heterocycles. The maximum atomic E-state index is 6.57. The van der Waals surface area contributed by atoms with Crippen molar-refractivity contribution < 1.29 is 5.11 Å². The molecule has 1 nitrogen and oxygen atoms in total. The van der Waals surface area contributed by atoms with E-state index < -0.39 is 0 Å². The van der Waals surface area contributed by atoms with Gasteiger partial charge in [-0.1, -0.05) is 54.6 Å². The number of hydrogen-bond donors (Lipinski definition) is 1. The molecule has 2 rings (SSSR count). The Hall–Kier alpha value is -1.60. The van der Waals surface area contributed by atoms with Gasteiger partial charge in [0.1, 0.15) is 0 Å². The average Bonchev–Trinajstić information content (AvgIpc) is 2.35.